The third-order valence-corrected chi connectivity index (χ3v) is 4.82. The van der Waals surface area contributed by atoms with Gasteiger partial charge in [0, 0.05) is 31.1 Å². The first-order valence-electron chi connectivity index (χ1n) is 8.76. The predicted octanol–water partition coefficient (Wildman–Crippen LogP) is 3.32. The Labute approximate surface area is 150 Å². The number of rotatable bonds is 5. The summed E-state index contributed by atoms with van der Waals surface area (Å²) in [6.45, 7) is 1.56. The van der Waals surface area contributed by atoms with Crippen LogP contribution in [0.15, 0.2) is 48.5 Å². The molecule has 0 radical (unpaired) electrons. The fraction of sp³-hybridized carbons (Fsp3) is 0.381. The lowest BCUT2D eigenvalue weighted by Gasteiger charge is -2.24. The number of nitrogens with zero attached hydrogens (tertiary/aromatic N) is 2. The van der Waals surface area contributed by atoms with Crippen LogP contribution < -0.4 is 9.64 Å². The molecule has 1 unspecified atom stereocenters. The summed E-state index contributed by atoms with van der Waals surface area (Å²) in [5.74, 6) is 1.18. The second-order valence-corrected chi connectivity index (χ2v) is 6.82. The highest BCUT2D eigenvalue weighted by Crippen LogP contribution is 2.37. The first-order chi connectivity index (χ1) is 12.1. The van der Waals surface area contributed by atoms with Gasteiger partial charge in [-0.2, -0.15) is 0 Å². The molecule has 0 spiro atoms. The molecule has 4 nitrogen and oxygen atoms in total. The third-order valence-electron chi connectivity index (χ3n) is 4.82. The zero-order chi connectivity index (χ0) is 17.8. The molecule has 0 aromatic heterocycles. The van der Waals surface area contributed by atoms with Gasteiger partial charge in [-0.25, -0.2) is 0 Å². The molecule has 0 aliphatic carbocycles. The van der Waals surface area contributed by atoms with Crippen molar-refractivity contribution in [3.63, 3.8) is 0 Å². The molecule has 0 bridgehead atoms. The first kappa shape index (κ1) is 17.5. The Balaban J connectivity index is 1.96. The SMILES string of the molecule is COc1ccccc1C1CC(=O)N(CCN(C)C)c2ccccc2C1. The summed E-state index contributed by atoms with van der Waals surface area (Å²) in [7, 11) is 5.76. The minimum atomic E-state index is 0.133. The number of benzene rings is 2. The number of amides is 1. The topological polar surface area (TPSA) is 32.8 Å². The Morgan fingerprint density at radius 2 is 1.80 bits per heavy atom. The number of ether oxygens (including phenoxy) is 1. The molecule has 1 aliphatic heterocycles. The number of para-hydroxylation sites is 2. The van der Waals surface area contributed by atoms with Crippen molar-refractivity contribution in [1.82, 2.24) is 4.90 Å². The van der Waals surface area contributed by atoms with E-state index >= 15 is 0 Å². The molecule has 25 heavy (non-hydrogen) atoms. The van der Waals surface area contributed by atoms with Crippen LogP contribution in [0.5, 0.6) is 5.75 Å². The highest BCUT2D eigenvalue weighted by Gasteiger charge is 2.29. The normalized spacial score (nSPS) is 17.4. The maximum atomic E-state index is 13.0. The van der Waals surface area contributed by atoms with Crippen LogP contribution in [0, 0.1) is 0 Å². The maximum Gasteiger partial charge on any atom is 0.227 e. The van der Waals surface area contributed by atoms with Crippen LogP contribution in [-0.2, 0) is 11.2 Å². The van der Waals surface area contributed by atoms with Gasteiger partial charge in [-0.05, 0) is 43.8 Å². The van der Waals surface area contributed by atoms with Crippen LogP contribution in [0.1, 0.15) is 23.5 Å². The van der Waals surface area contributed by atoms with Crippen molar-refractivity contribution in [2.75, 3.05) is 39.2 Å². The quantitative estimate of drug-likeness (QED) is 0.838. The molecule has 132 valence electrons. The van der Waals surface area contributed by atoms with E-state index in [4.69, 9.17) is 4.74 Å². The molecule has 0 saturated heterocycles. The fourth-order valence-corrected chi connectivity index (χ4v) is 3.51. The van der Waals surface area contributed by atoms with E-state index in [-0.39, 0.29) is 11.8 Å². The van der Waals surface area contributed by atoms with Gasteiger partial charge in [0.15, 0.2) is 0 Å². The lowest BCUT2D eigenvalue weighted by atomic mass is 9.89. The highest BCUT2D eigenvalue weighted by atomic mass is 16.5. The molecule has 0 saturated carbocycles. The van der Waals surface area contributed by atoms with E-state index in [1.54, 1.807) is 7.11 Å². The Morgan fingerprint density at radius 3 is 2.56 bits per heavy atom. The number of carbonyl (C=O) groups is 1. The molecule has 0 N–H and O–H groups in total. The van der Waals surface area contributed by atoms with E-state index in [0.717, 1.165) is 30.0 Å². The van der Waals surface area contributed by atoms with Crippen LogP contribution in [0.2, 0.25) is 0 Å². The fourth-order valence-electron chi connectivity index (χ4n) is 3.51. The Kier molecular flexibility index (Phi) is 5.39. The molecule has 1 heterocycles. The largest absolute Gasteiger partial charge is 0.496 e. The average molecular weight is 338 g/mol. The van der Waals surface area contributed by atoms with Gasteiger partial charge in [0.1, 0.15) is 5.75 Å². The highest BCUT2D eigenvalue weighted by molar-refractivity contribution is 5.95. The van der Waals surface area contributed by atoms with E-state index in [0.29, 0.717) is 13.0 Å². The number of anilines is 1. The van der Waals surface area contributed by atoms with E-state index in [9.17, 15) is 4.79 Å². The zero-order valence-corrected chi connectivity index (χ0v) is 15.2. The van der Waals surface area contributed by atoms with Crippen LogP contribution in [-0.4, -0.2) is 45.1 Å². The predicted molar refractivity (Wildman–Crippen MR) is 101 cm³/mol. The third kappa shape index (κ3) is 3.85. The molecule has 1 atom stereocenters. The molecule has 4 heteroatoms. The van der Waals surface area contributed by atoms with E-state index in [2.05, 4.69) is 29.2 Å². The summed E-state index contributed by atoms with van der Waals surface area (Å²) in [5.41, 5.74) is 3.39. The zero-order valence-electron chi connectivity index (χ0n) is 15.2. The first-order valence-corrected chi connectivity index (χ1v) is 8.76. The minimum absolute atomic E-state index is 0.133. The number of hydrogen-bond acceptors (Lipinski definition) is 3. The van der Waals surface area contributed by atoms with Gasteiger partial charge < -0.3 is 14.5 Å². The monoisotopic (exact) mass is 338 g/mol. The standard InChI is InChI=1S/C21H26N2O2/c1-22(2)12-13-23-19-10-6-4-8-16(19)14-17(15-21(23)24)18-9-5-7-11-20(18)25-3/h4-11,17H,12-15H2,1-3H3. The van der Waals surface area contributed by atoms with E-state index in [1.165, 1.54) is 5.56 Å². The lowest BCUT2D eigenvalue weighted by Crippen LogP contribution is -2.36. The lowest BCUT2D eigenvalue weighted by molar-refractivity contribution is -0.118. The van der Waals surface area contributed by atoms with Gasteiger partial charge in [-0.3, -0.25) is 4.79 Å². The van der Waals surface area contributed by atoms with Crippen molar-refractivity contribution < 1.29 is 9.53 Å². The Morgan fingerprint density at radius 1 is 1.08 bits per heavy atom. The average Bonchev–Trinajstić information content (AvgIpc) is 2.75. The summed E-state index contributed by atoms with van der Waals surface area (Å²) in [4.78, 5) is 17.1. The van der Waals surface area contributed by atoms with Crippen molar-refractivity contribution >= 4 is 11.6 Å². The molecule has 1 amide bonds. The summed E-state index contributed by atoms with van der Waals surface area (Å²) < 4.78 is 5.54. The van der Waals surface area contributed by atoms with Gasteiger partial charge in [0.25, 0.3) is 0 Å². The van der Waals surface area contributed by atoms with Crippen LogP contribution in [0.25, 0.3) is 0 Å². The Hall–Kier alpha value is -2.33. The number of carbonyl (C=O) groups excluding carboxylic acids is 1. The molecular formula is C21H26N2O2. The maximum absolute atomic E-state index is 13.0. The minimum Gasteiger partial charge on any atom is -0.496 e. The molecule has 1 aliphatic rings. The van der Waals surface area contributed by atoms with Gasteiger partial charge in [0.2, 0.25) is 5.91 Å². The summed E-state index contributed by atoms with van der Waals surface area (Å²) in [6, 6.07) is 16.3. The van der Waals surface area contributed by atoms with Gasteiger partial charge in [0.05, 0.1) is 7.11 Å². The smallest absolute Gasteiger partial charge is 0.227 e. The summed E-state index contributed by atoms with van der Waals surface area (Å²) in [6.07, 6.45) is 1.35. The van der Waals surface area contributed by atoms with Gasteiger partial charge >= 0.3 is 0 Å². The summed E-state index contributed by atoms with van der Waals surface area (Å²) in [5, 5.41) is 0. The van der Waals surface area contributed by atoms with E-state index in [1.807, 2.05) is 43.3 Å². The number of methoxy groups -OCH3 is 1. The Bertz CT molecular complexity index is 742. The van der Waals surface area contributed by atoms with Gasteiger partial charge in [-0.1, -0.05) is 36.4 Å². The molecule has 2 aromatic rings. The van der Waals surface area contributed by atoms with Crippen molar-refractivity contribution in [3.05, 3.63) is 59.7 Å². The number of hydrogen-bond donors (Lipinski definition) is 0. The summed E-state index contributed by atoms with van der Waals surface area (Å²) >= 11 is 0. The van der Waals surface area contributed by atoms with Crippen LogP contribution in [0.4, 0.5) is 5.69 Å². The van der Waals surface area contributed by atoms with Crippen molar-refractivity contribution in [2.24, 2.45) is 0 Å². The number of likely N-dealkylation sites (N-methyl/N-ethyl adjacent to an activating group) is 1. The van der Waals surface area contributed by atoms with Crippen LogP contribution >= 0.6 is 0 Å². The molecular weight excluding hydrogens is 312 g/mol. The second-order valence-electron chi connectivity index (χ2n) is 6.82. The van der Waals surface area contributed by atoms with Crippen molar-refractivity contribution in [2.45, 2.75) is 18.8 Å². The van der Waals surface area contributed by atoms with Crippen LogP contribution in [0.3, 0.4) is 0 Å². The van der Waals surface area contributed by atoms with Gasteiger partial charge in [-0.15, -0.1) is 0 Å². The van der Waals surface area contributed by atoms with Crippen molar-refractivity contribution in [1.29, 1.82) is 0 Å². The molecule has 3 rings (SSSR count). The van der Waals surface area contributed by atoms with E-state index < -0.39 is 0 Å². The second kappa shape index (κ2) is 7.70. The van der Waals surface area contributed by atoms with Crippen molar-refractivity contribution in [3.8, 4) is 5.75 Å². The molecule has 2 aromatic carbocycles. The molecule has 0 fully saturated rings. The number of fused-ring (bicyclic) bond motifs is 1.